The van der Waals surface area contributed by atoms with Crippen LogP contribution in [0, 0.1) is 6.92 Å². The Balaban J connectivity index is 1.46. The number of piperidine rings is 1. The molecular weight excluding hydrogens is 330 g/mol. The highest BCUT2D eigenvalue weighted by Crippen LogP contribution is 2.29. The molecule has 0 N–H and O–H groups in total. The van der Waals surface area contributed by atoms with Gasteiger partial charge in [-0.15, -0.1) is 10.2 Å². The molecule has 1 fully saturated rings. The molecule has 0 saturated carbocycles. The summed E-state index contributed by atoms with van der Waals surface area (Å²) in [7, 11) is 0. The molecule has 4 rings (SSSR count). The average Bonchev–Trinajstić information content (AvgIpc) is 3.32. The fourth-order valence-electron chi connectivity index (χ4n) is 3.55. The van der Waals surface area contributed by atoms with Crippen molar-refractivity contribution in [3.63, 3.8) is 0 Å². The Labute approximate surface area is 152 Å². The molecular formula is C17H23N9. The highest BCUT2D eigenvalue weighted by Gasteiger charge is 2.26. The van der Waals surface area contributed by atoms with Crippen molar-refractivity contribution in [2.75, 3.05) is 18.0 Å². The van der Waals surface area contributed by atoms with Gasteiger partial charge in [0.15, 0.2) is 5.82 Å². The van der Waals surface area contributed by atoms with Crippen LogP contribution in [-0.4, -0.2) is 52.6 Å². The summed E-state index contributed by atoms with van der Waals surface area (Å²) in [5.41, 5.74) is 1.00. The lowest BCUT2D eigenvalue weighted by Crippen LogP contribution is -2.34. The van der Waals surface area contributed by atoms with Gasteiger partial charge in [-0.1, -0.05) is 0 Å². The first kappa shape index (κ1) is 16.6. The Morgan fingerprint density at radius 1 is 1.12 bits per heavy atom. The minimum absolute atomic E-state index is 0.422. The van der Waals surface area contributed by atoms with E-state index in [9.17, 15) is 0 Å². The zero-order valence-corrected chi connectivity index (χ0v) is 15.2. The fraction of sp³-hybridized carbons (Fsp3) is 0.529. The van der Waals surface area contributed by atoms with E-state index in [-0.39, 0.29) is 0 Å². The average molecular weight is 353 g/mol. The predicted octanol–water partition coefficient (Wildman–Crippen LogP) is 1.42. The predicted molar refractivity (Wildman–Crippen MR) is 95.8 cm³/mol. The smallest absolute Gasteiger partial charge is 0.154 e. The Kier molecular flexibility index (Phi) is 4.59. The van der Waals surface area contributed by atoms with Crippen LogP contribution in [0.25, 0.3) is 0 Å². The lowest BCUT2D eigenvalue weighted by atomic mass is 9.96. The van der Waals surface area contributed by atoms with E-state index < -0.39 is 0 Å². The molecule has 0 aromatic carbocycles. The van der Waals surface area contributed by atoms with Crippen LogP contribution in [-0.2, 0) is 13.1 Å². The number of hydrogen-bond donors (Lipinski definition) is 0. The highest BCUT2D eigenvalue weighted by molar-refractivity contribution is 5.39. The van der Waals surface area contributed by atoms with Crippen molar-refractivity contribution in [2.45, 2.75) is 45.7 Å². The molecule has 0 spiro atoms. The third kappa shape index (κ3) is 3.29. The quantitative estimate of drug-likeness (QED) is 0.685. The minimum Gasteiger partial charge on any atom is -0.356 e. The first-order valence-corrected chi connectivity index (χ1v) is 9.02. The maximum Gasteiger partial charge on any atom is 0.154 e. The molecule has 0 aliphatic carbocycles. The lowest BCUT2D eigenvalue weighted by molar-refractivity contribution is 0.461. The van der Waals surface area contributed by atoms with Gasteiger partial charge in [-0.2, -0.15) is 5.10 Å². The molecule has 4 heterocycles. The molecule has 26 heavy (non-hydrogen) atoms. The minimum atomic E-state index is 0.422. The van der Waals surface area contributed by atoms with Gasteiger partial charge < -0.3 is 9.47 Å². The van der Waals surface area contributed by atoms with Gasteiger partial charge in [-0.3, -0.25) is 0 Å². The van der Waals surface area contributed by atoms with Gasteiger partial charge in [0.1, 0.15) is 37.2 Å². The second-order valence-corrected chi connectivity index (χ2v) is 6.59. The number of aryl methyl sites for hydroxylation is 1. The van der Waals surface area contributed by atoms with Crippen LogP contribution in [0.5, 0.6) is 0 Å². The molecule has 9 nitrogen and oxygen atoms in total. The number of rotatable bonds is 5. The van der Waals surface area contributed by atoms with Crippen LogP contribution >= 0.6 is 0 Å². The van der Waals surface area contributed by atoms with Gasteiger partial charge in [-0.05, 0) is 26.7 Å². The number of nitrogens with zero attached hydrogens (tertiary/aromatic N) is 9. The molecule has 1 aliphatic heterocycles. The van der Waals surface area contributed by atoms with E-state index in [1.54, 1.807) is 17.3 Å². The Morgan fingerprint density at radius 3 is 2.65 bits per heavy atom. The highest BCUT2D eigenvalue weighted by atomic mass is 15.4. The van der Waals surface area contributed by atoms with E-state index in [0.717, 1.165) is 55.6 Å². The normalized spacial score (nSPS) is 15.5. The van der Waals surface area contributed by atoms with Crippen LogP contribution in [0.3, 0.4) is 0 Å². The first-order chi connectivity index (χ1) is 12.7. The van der Waals surface area contributed by atoms with Crippen molar-refractivity contribution in [1.29, 1.82) is 0 Å². The van der Waals surface area contributed by atoms with E-state index in [0.29, 0.717) is 12.5 Å². The van der Waals surface area contributed by atoms with Crippen molar-refractivity contribution in [3.8, 4) is 0 Å². The maximum atomic E-state index is 4.51. The van der Waals surface area contributed by atoms with Crippen LogP contribution in [0.2, 0.25) is 0 Å². The summed E-state index contributed by atoms with van der Waals surface area (Å²) in [6, 6.07) is 2.05. The molecule has 0 amide bonds. The van der Waals surface area contributed by atoms with Crippen LogP contribution in [0.4, 0.5) is 5.82 Å². The molecule has 1 saturated heterocycles. The summed E-state index contributed by atoms with van der Waals surface area (Å²) in [5, 5.41) is 13.1. The first-order valence-electron chi connectivity index (χ1n) is 9.02. The van der Waals surface area contributed by atoms with Gasteiger partial charge in [0.25, 0.3) is 0 Å². The van der Waals surface area contributed by atoms with Gasteiger partial charge in [0.2, 0.25) is 0 Å². The van der Waals surface area contributed by atoms with Crippen molar-refractivity contribution in [2.24, 2.45) is 0 Å². The summed E-state index contributed by atoms with van der Waals surface area (Å²) >= 11 is 0. The zero-order chi connectivity index (χ0) is 17.9. The summed E-state index contributed by atoms with van der Waals surface area (Å²) < 4.78 is 4.00. The Morgan fingerprint density at radius 2 is 1.96 bits per heavy atom. The van der Waals surface area contributed by atoms with Gasteiger partial charge >= 0.3 is 0 Å². The standard InChI is InChI=1S/C17H23N9/c1-3-26-16(9-25-12-18-10-21-25)22-23-17(26)14-4-6-24(7-5-14)15-8-13(2)19-11-20-15/h8,10-12,14H,3-7,9H2,1-2H3. The van der Waals surface area contributed by atoms with Gasteiger partial charge in [0.05, 0.1) is 0 Å². The summed E-state index contributed by atoms with van der Waals surface area (Å²) in [6.45, 7) is 7.53. The number of anilines is 1. The van der Waals surface area contributed by atoms with E-state index in [1.807, 2.05) is 13.0 Å². The summed E-state index contributed by atoms with van der Waals surface area (Å²) in [4.78, 5) is 14.9. The third-order valence-electron chi connectivity index (χ3n) is 4.92. The molecule has 136 valence electrons. The van der Waals surface area contributed by atoms with E-state index in [1.165, 1.54) is 6.33 Å². The molecule has 1 aliphatic rings. The van der Waals surface area contributed by atoms with Gasteiger partial charge in [0, 0.05) is 37.3 Å². The second-order valence-electron chi connectivity index (χ2n) is 6.59. The molecule has 0 radical (unpaired) electrons. The fourth-order valence-corrected chi connectivity index (χ4v) is 3.55. The van der Waals surface area contributed by atoms with E-state index in [2.05, 4.69) is 46.6 Å². The second kappa shape index (κ2) is 7.19. The molecule has 0 bridgehead atoms. The van der Waals surface area contributed by atoms with Crippen molar-refractivity contribution in [1.82, 2.24) is 39.5 Å². The third-order valence-corrected chi connectivity index (χ3v) is 4.92. The van der Waals surface area contributed by atoms with E-state index >= 15 is 0 Å². The SMILES string of the molecule is CCn1c(Cn2cncn2)nnc1C1CCN(c2cc(C)ncn2)CC1. The topological polar surface area (TPSA) is 90.4 Å². The molecule has 0 unspecified atom stereocenters. The Bertz CT molecular complexity index is 847. The van der Waals surface area contributed by atoms with Crippen LogP contribution < -0.4 is 4.90 Å². The monoisotopic (exact) mass is 353 g/mol. The largest absolute Gasteiger partial charge is 0.356 e. The molecule has 9 heteroatoms. The number of hydrogen-bond acceptors (Lipinski definition) is 7. The summed E-state index contributed by atoms with van der Waals surface area (Å²) in [5.74, 6) is 3.45. The number of aromatic nitrogens is 8. The van der Waals surface area contributed by atoms with Crippen molar-refractivity contribution in [3.05, 3.63) is 42.4 Å². The molecule has 0 atom stereocenters. The molecule has 3 aromatic rings. The molecule has 3 aromatic heterocycles. The van der Waals surface area contributed by atoms with Crippen LogP contribution in [0.1, 0.15) is 43.0 Å². The lowest BCUT2D eigenvalue weighted by Gasteiger charge is -2.32. The van der Waals surface area contributed by atoms with Gasteiger partial charge in [-0.25, -0.2) is 19.6 Å². The van der Waals surface area contributed by atoms with E-state index in [4.69, 9.17) is 0 Å². The van der Waals surface area contributed by atoms with Crippen molar-refractivity contribution < 1.29 is 0 Å². The van der Waals surface area contributed by atoms with Crippen molar-refractivity contribution >= 4 is 5.82 Å². The summed E-state index contributed by atoms with van der Waals surface area (Å²) in [6.07, 6.45) is 6.98. The Hall–Kier alpha value is -2.84. The van der Waals surface area contributed by atoms with Crippen LogP contribution in [0.15, 0.2) is 25.0 Å². The zero-order valence-electron chi connectivity index (χ0n) is 15.2. The maximum absolute atomic E-state index is 4.51.